The van der Waals surface area contributed by atoms with E-state index >= 15 is 0 Å². The van der Waals surface area contributed by atoms with E-state index in [1.54, 1.807) is 6.08 Å². The molecule has 0 aliphatic rings. The van der Waals surface area contributed by atoms with Gasteiger partial charge in [-0.15, -0.1) is 0 Å². The van der Waals surface area contributed by atoms with Crippen LogP contribution in [0.15, 0.2) is 12.7 Å². The summed E-state index contributed by atoms with van der Waals surface area (Å²) in [7, 11) is 0. The first-order chi connectivity index (χ1) is 5.00. The molecule has 7 N–H and O–H groups in total. The maximum atomic E-state index is 9.09. The quantitative estimate of drug-likeness (QED) is 0.303. The highest BCUT2D eigenvalue weighted by atomic mass is 32.1. The Hall–Kier alpha value is -0.790. The first kappa shape index (κ1) is 17.3. The van der Waals surface area contributed by atoms with Crippen molar-refractivity contribution in [2.24, 2.45) is 11.5 Å². The fourth-order valence-electron chi connectivity index (χ4n) is 0.141. The summed E-state index contributed by atoms with van der Waals surface area (Å²) in [5, 5.41) is -0.570. The van der Waals surface area contributed by atoms with Crippen molar-refractivity contribution in [1.82, 2.24) is 6.15 Å². The summed E-state index contributed by atoms with van der Waals surface area (Å²) < 4.78 is 4.58. The molecule has 0 rings (SSSR count). The van der Waals surface area contributed by atoms with Crippen molar-refractivity contribution in [2.45, 2.75) is 0 Å². The van der Waals surface area contributed by atoms with E-state index in [0.717, 1.165) is 0 Å². The monoisotopic (exact) mass is 211 g/mol. The van der Waals surface area contributed by atoms with E-state index in [0.29, 0.717) is 6.61 Å². The first-order valence-electron chi connectivity index (χ1n) is 2.52. The number of ether oxygens (including phenoxy) is 1. The number of thiol groups is 1. The second kappa shape index (κ2) is 12.8. The Balaban J connectivity index is -0.000000142. The van der Waals surface area contributed by atoms with Crippen molar-refractivity contribution < 1.29 is 9.53 Å². The predicted octanol–water partition coefficient (Wildman–Crippen LogP) is 0.589. The van der Waals surface area contributed by atoms with Crippen LogP contribution in [0.2, 0.25) is 0 Å². The fourth-order valence-corrected chi connectivity index (χ4v) is 0.209. The van der Waals surface area contributed by atoms with Gasteiger partial charge >= 0.3 is 0 Å². The summed E-state index contributed by atoms with van der Waals surface area (Å²) in [5.41, 5.74) is 9.28. The van der Waals surface area contributed by atoms with E-state index in [1.807, 2.05) is 0 Å². The zero-order valence-corrected chi connectivity index (χ0v) is 8.24. The minimum absolute atomic E-state index is 0. The van der Waals surface area contributed by atoms with Gasteiger partial charge in [-0.2, -0.15) is 0 Å². The van der Waals surface area contributed by atoms with Gasteiger partial charge in [-0.1, -0.05) is 25.3 Å². The van der Waals surface area contributed by atoms with E-state index < -0.39 is 5.24 Å². The molecule has 0 aromatic carbocycles. The molecule has 7 heteroatoms. The number of hydrogen-bond donors (Lipinski definition) is 4. The van der Waals surface area contributed by atoms with Crippen LogP contribution < -0.4 is 17.6 Å². The van der Waals surface area contributed by atoms with Crippen molar-refractivity contribution in [3.63, 3.8) is 0 Å². The molecule has 0 saturated heterocycles. The average molecular weight is 211 g/mol. The molecular weight excluding hydrogens is 198 g/mol. The molecule has 0 aliphatic heterocycles. The van der Waals surface area contributed by atoms with Crippen LogP contribution in [0.3, 0.4) is 0 Å². The summed E-state index contributed by atoms with van der Waals surface area (Å²) in [6.45, 7) is 3.79. The Bertz CT molecular complexity index is 148. The van der Waals surface area contributed by atoms with Crippen LogP contribution in [-0.4, -0.2) is 17.0 Å². The highest BCUT2D eigenvalue weighted by molar-refractivity contribution is 7.96. The van der Waals surface area contributed by atoms with Crippen LogP contribution in [-0.2, 0) is 4.74 Å². The van der Waals surface area contributed by atoms with E-state index in [-0.39, 0.29) is 11.3 Å². The number of carbonyl (C=O) groups is 1. The second-order valence-electron chi connectivity index (χ2n) is 1.26. The Kier molecular flexibility index (Phi) is 18.6. The minimum Gasteiger partial charge on any atom is -0.467 e. The lowest BCUT2D eigenvalue weighted by molar-refractivity contribution is 0.267. The zero-order valence-electron chi connectivity index (χ0n) is 6.53. The van der Waals surface area contributed by atoms with Gasteiger partial charge in [0.05, 0.1) is 0 Å². The van der Waals surface area contributed by atoms with Gasteiger partial charge < -0.3 is 22.4 Å². The predicted molar refractivity (Wildman–Crippen MR) is 56.5 cm³/mol. The maximum absolute atomic E-state index is 9.09. The van der Waals surface area contributed by atoms with Crippen molar-refractivity contribution in [3.8, 4) is 0 Å². The normalized spacial score (nSPS) is 6.42. The molecule has 0 aromatic rings. The van der Waals surface area contributed by atoms with Gasteiger partial charge in [-0.05, 0) is 12.2 Å². The molecule has 0 aromatic heterocycles. The molecule has 12 heavy (non-hydrogen) atoms. The summed E-state index contributed by atoms with van der Waals surface area (Å²) in [6, 6.07) is 0. The third-order valence-electron chi connectivity index (χ3n) is 0.343. The van der Waals surface area contributed by atoms with Crippen molar-refractivity contribution >= 4 is 35.3 Å². The molecule has 72 valence electrons. The number of amides is 1. The van der Waals surface area contributed by atoms with Gasteiger partial charge in [0.1, 0.15) is 6.61 Å². The molecule has 0 spiro atoms. The number of nitrogens with two attached hydrogens (primary N) is 2. The molecule has 0 atom stereocenters. The van der Waals surface area contributed by atoms with Crippen molar-refractivity contribution in [2.75, 3.05) is 6.61 Å². The van der Waals surface area contributed by atoms with Crippen LogP contribution in [0.4, 0.5) is 4.79 Å². The number of carbonyl (C=O) groups excluding carboxylic acids is 1. The summed E-state index contributed by atoms with van der Waals surface area (Å²) in [5.74, 6) is 0. The fraction of sp³-hybridized carbons (Fsp3) is 0.200. The Morgan fingerprint density at radius 2 is 2.00 bits per heavy atom. The Morgan fingerprint density at radius 3 is 2.08 bits per heavy atom. The molecule has 0 radical (unpaired) electrons. The minimum atomic E-state index is -0.639. The molecule has 5 nitrogen and oxygen atoms in total. The molecule has 0 unspecified atom stereocenters. The van der Waals surface area contributed by atoms with Crippen LogP contribution in [0.5, 0.6) is 0 Å². The number of hydrogen-bond acceptors (Lipinski definition) is 4. The standard InChI is InChI=1S/C4H7NOS.CH3NOS.H3N/c1-2-3-6-4(5)7;2-1(3)4;/h2H,1,3H2,(H2,5,7);(H3,2,3,4);1H3. The molecule has 0 aliphatic carbocycles. The summed E-state index contributed by atoms with van der Waals surface area (Å²) >= 11 is 7.47. The Morgan fingerprint density at radius 1 is 1.67 bits per heavy atom. The van der Waals surface area contributed by atoms with E-state index in [9.17, 15) is 0 Å². The summed E-state index contributed by atoms with van der Waals surface area (Å²) in [6.07, 6.45) is 1.58. The van der Waals surface area contributed by atoms with Crippen LogP contribution >= 0.6 is 24.8 Å². The third kappa shape index (κ3) is 60.2. The van der Waals surface area contributed by atoms with E-state index in [2.05, 4.69) is 41.9 Å². The molecule has 0 bridgehead atoms. The van der Waals surface area contributed by atoms with Gasteiger partial charge in [-0.25, -0.2) is 0 Å². The van der Waals surface area contributed by atoms with Crippen LogP contribution in [0.25, 0.3) is 0 Å². The van der Waals surface area contributed by atoms with Crippen molar-refractivity contribution in [3.05, 3.63) is 12.7 Å². The molecule has 0 saturated carbocycles. The van der Waals surface area contributed by atoms with Crippen LogP contribution in [0.1, 0.15) is 0 Å². The van der Waals surface area contributed by atoms with Gasteiger partial charge in [0.15, 0.2) is 0 Å². The Labute approximate surface area is 82.1 Å². The molecule has 0 heterocycles. The van der Waals surface area contributed by atoms with E-state index in [1.165, 1.54) is 0 Å². The van der Waals surface area contributed by atoms with Crippen LogP contribution in [0, 0.1) is 0 Å². The number of primary amides is 1. The van der Waals surface area contributed by atoms with Gasteiger partial charge in [0, 0.05) is 0 Å². The smallest absolute Gasteiger partial charge is 0.273 e. The van der Waals surface area contributed by atoms with Gasteiger partial charge in [-0.3, -0.25) is 4.79 Å². The topological polar surface area (TPSA) is 113 Å². The highest BCUT2D eigenvalue weighted by Crippen LogP contribution is 1.71. The molecular formula is C5H13N3O2S2. The number of thiocarbonyl (C=S) groups is 1. The first-order valence-corrected chi connectivity index (χ1v) is 3.37. The lowest BCUT2D eigenvalue weighted by Gasteiger charge is -1.94. The third-order valence-corrected chi connectivity index (χ3v) is 0.461. The van der Waals surface area contributed by atoms with E-state index in [4.69, 9.17) is 10.5 Å². The maximum Gasteiger partial charge on any atom is 0.273 e. The lowest BCUT2D eigenvalue weighted by atomic mass is 10.7. The zero-order chi connectivity index (χ0) is 9.28. The highest BCUT2D eigenvalue weighted by Gasteiger charge is 1.78. The van der Waals surface area contributed by atoms with Crippen molar-refractivity contribution in [1.29, 1.82) is 0 Å². The molecule has 1 amide bonds. The van der Waals surface area contributed by atoms with Gasteiger partial charge in [0.2, 0.25) is 0 Å². The lowest BCUT2D eigenvalue weighted by Crippen LogP contribution is -2.11. The second-order valence-corrected chi connectivity index (χ2v) is 2.10. The molecule has 0 fully saturated rings. The van der Waals surface area contributed by atoms with Gasteiger partial charge in [0.25, 0.3) is 10.4 Å². The number of rotatable bonds is 2. The largest absolute Gasteiger partial charge is 0.467 e. The SMILES string of the molecule is C=CCOC(N)=S.N.NC(=O)S. The summed E-state index contributed by atoms with van der Waals surface area (Å²) in [4.78, 5) is 9.09. The average Bonchev–Trinajstić information content (AvgIpc) is 1.82.